The second-order valence-electron chi connectivity index (χ2n) is 9.74. The van der Waals surface area contributed by atoms with Gasteiger partial charge in [-0.05, 0) is 61.3 Å². The molecule has 2 fully saturated rings. The predicted molar refractivity (Wildman–Crippen MR) is 135 cm³/mol. The molecule has 6 nitrogen and oxygen atoms in total. The fraction of sp³-hybridized carbons (Fsp3) is 0.556. The van der Waals surface area contributed by atoms with Crippen LogP contribution >= 0.6 is 12.4 Å². The zero-order valence-electron chi connectivity index (χ0n) is 20.4. The average Bonchev–Trinajstić information content (AvgIpc) is 2.83. The van der Waals surface area contributed by atoms with Crippen molar-refractivity contribution >= 4 is 12.4 Å². The highest BCUT2D eigenvalue weighted by Crippen LogP contribution is 2.34. The molecule has 0 aromatic heterocycles. The molecule has 1 N–H and O–H groups in total. The molecule has 4 aliphatic rings. The molecular weight excluding hydrogens is 452 g/mol. The average molecular weight is 489 g/mol. The number of halogens is 1. The lowest BCUT2D eigenvalue weighted by molar-refractivity contribution is -0.0647. The highest BCUT2D eigenvalue weighted by atomic mass is 35.5. The van der Waals surface area contributed by atoms with Crippen molar-refractivity contribution in [2.45, 2.75) is 50.0 Å². The summed E-state index contributed by atoms with van der Waals surface area (Å²) in [5, 5.41) is 9.84. The molecule has 2 aromatic carbocycles. The highest BCUT2D eigenvalue weighted by Gasteiger charge is 2.36. The first-order valence-corrected chi connectivity index (χ1v) is 12.1. The number of phenols is 1. The van der Waals surface area contributed by atoms with E-state index in [4.69, 9.17) is 14.2 Å². The lowest BCUT2D eigenvalue weighted by Gasteiger charge is -2.42. The van der Waals surface area contributed by atoms with E-state index in [0.717, 1.165) is 63.3 Å². The topological polar surface area (TPSA) is 54.4 Å². The first kappa shape index (κ1) is 25.3. The van der Waals surface area contributed by atoms with Crippen LogP contribution in [0.25, 0.3) is 0 Å². The lowest BCUT2D eigenvalue weighted by atomic mass is 9.84. The molecule has 7 heteroatoms. The van der Waals surface area contributed by atoms with Crippen LogP contribution in [0, 0.1) is 0 Å². The van der Waals surface area contributed by atoms with E-state index in [1.807, 2.05) is 12.1 Å². The molecule has 0 radical (unpaired) electrons. The summed E-state index contributed by atoms with van der Waals surface area (Å²) in [6.07, 6.45) is 4.47. The van der Waals surface area contributed by atoms with Crippen LogP contribution in [-0.2, 0) is 35.2 Å². The molecule has 2 heterocycles. The Balaban J connectivity index is 0.000000157. The van der Waals surface area contributed by atoms with E-state index in [1.165, 1.54) is 16.7 Å². The van der Waals surface area contributed by atoms with Gasteiger partial charge in [-0.15, -0.1) is 12.4 Å². The minimum absolute atomic E-state index is 0. The fourth-order valence-corrected chi connectivity index (χ4v) is 5.91. The number of phenolic OH excluding ortho intramolecular Hbond substituents is 1. The summed E-state index contributed by atoms with van der Waals surface area (Å²) in [6.45, 7) is 3.71. The summed E-state index contributed by atoms with van der Waals surface area (Å²) in [6, 6.07) is 13.2. The van der Waals surface area contributed by atoms with E-state index in [1.54, 1.807) is 13.2 Å². The summed E-state index contributed by atoms with van der Waals surface area (Å²) in [4.78, 5) is 4.80. The number of methoxy groups -OCH3 is 1. The summed E-state index contributed by atoms with van der Waals surface area (Å²) in [5.41, 5.74) is 5.12. The van der Waals surface area contributed by atoms with Crippen LogP contribution < -0.4 is 4.74 Å². The van der Waals surface area contributed by atoms with E-state index in [9.17, 15) is 5.11 Å². The molecule has 0 bridgehead atoms. The van der Waals surface area contributed by atoms with Crippen molar-refractivity contribution in [3.05, 3.63) is 58.7 Å². The highest BCUT2D eigenvalue weighted by molar-refractivity contribution is 5.85. The van der Waals surface area contributed by atoms with Crippen molar-refractivity contribution in [1.82, 2.24) is 9.80 Å². The minimum Gasteiger partial charge on any atom is -0.508 e. The Labute approximate surface area is 209 Å². The van der Waals surface area contributed by atoms with Crippen LogP contribution in [0.15, 0.2) is 36.4 Å². The van der Waals surface area contributed by atoms with Gasteiger partial charge in [0, 0.05) is 38.0 Å². The van der Waals surface area contributed by atoms with Crippen molar-refractivity contribution < 1.29 is 19.3 Å². The summed E-state index contributed by atoms with van der Waals surface area (Å²) in [5.74, 6) is 1.44. The number of rotatable bonds is 1. The van der Waals surface area contributed by atoms with E-state index in [0.29, 0.717) is 23.9 Å². The molecule has 2 aliphatic heterocycles. The maximum absolute atomic E-state index is 9.84. The molecule has 34 heavy (non-hydrogen) atoms. The minimum atomic E-state index is 0. The van der Waals surface area contributed by atoms with Gasteiger partial charge in [0.1, 0.15) is 11.5 Å². The Morgan fingerprint density at radius 3 is 1.91 bits per heavy atom. The van der Waals surface area contributed by atoms with Crippen LogP contribution in [-0.4, -0.2) is 86.7 Å². The zero-order chi connectivity index (χ0) is 22.9. The summed E-state index contributed by atoms with van der Waals surface area (Å²) in [7, 11) is 6.11. The molecule has 0 saturated carbocycles. The van der Waals surface area contributed by atoms with Crippen molar-refractivity contribution in [3.8, 4) is 11.5 Å². The lowest BCUT2D eigenvalue weighted by Crippen LogP contribution is -2.53. The zero-order valence-corrected chi connectivity index (χ0v) is 21.2. The summed E-state index contributed by atoms with van der Waals surface area (Å²) < 4.78 is 17.2. The number of benzene rings is 2. The maximum atomic E-state index is 9.84. The van der Waals surface area contributed by atoms with Gasteiger partial charge in [0.05, 0.1) is 32.5 Å². The van der Waals surface area contributed by atoms with Crippen LogP contribution in [0.4, 0.5) is 0 Å². The second-order valence-corrected chi connectivity index (χ2v) is 9.74. The quantitative estimate of drug-likeness (QED) is 0.665. The van der Waals surface area contributed by atoms with Gasteiger partial charge in [-0.1, -0.05) is 24.3 Å². The molecule has 0 amide bonds. The van der Waals surface area contributed by atoms with Crippen LogP contribution in [0.5, 0.6) is 11.5 Å². The molecule has 4 atom stereocenters. The number of fused-ring (bicyclic) bond motifs is 4. The molecular formula is C27H37ClN2O4. The SMILES string of the molecule is CN1CCO[C@H]2Cc3c(O)cccc3C[C@@H]21.COc1cccc2c1C[C@@H]1OCCN(C)[C@H]1C2.Cl. The van der Waals surface area contributed by atoms with E-state index >= 15 is 0 Å². The van der Waals surface area contributed by atoms with Crippen LogP contribution in [0.3, 0.4) is 0 Å². The van der Waals surface area contributed by atoms with Crippen molar-refractivity contribution in [3.63, 3.8) is 0 Å². The molecule has 186 valence electrons. The van der Waals surface area contributed by atoms with Crippen LogP contribution in [0.1, 0.15) is 22.3 Å². The molecule has 2 aliphatic carbocycles. The number of morpholine rings is 2. The molecule has 0 unspecified atom stereocenters. The molecule has 0 spiro atoms. The van der Waals surface area contributed by atoms with E-state index in [2.05, 4.69) is 42.1 Å². The number of nitrogens with zero attached hydrogens (tertiary/aromatic N) is 2. The second kappa shape index (κ2) is 10.8. The number of likely N-dealkylation sites (N-methyl/N-ethyl adjacent to an activating group) is 2. The number of hydrogen-bond donors (Lipinski definition) is 1. The third-order valence-corrected chi connectivity index (χ3v) is 7.91. The first-order valence-electron chi connectivity index (χ1n) is 12.1. The Bertz CT molecular complexity index is 987. The monoisotopic (exact) mass is 488 g/mol. The number of hydrogen-bond acceptors (Lipinski definition) is 6. The maximum Gasteiger partial charge on any atom is 0.122 e. The third-order valence-electron chi connectivity index (χ3n) is 7.91. The fourth-order valence-electron chi connectivity index (χ4n) is 5.91. The van der Waals surface area contributed by atoms with Gasteiger partial charge >= 0.3 is 0 Å². The van der Waals surface area contributed by atoms with Gasteiger partial charge in [-0.3, -0.25) is 9.80 Å². The number of ether oxygens (including phenoxy) is 3. The van der Waals surface area contributed by atoms with E-state index < -0.39 is 0 Å². The smallest absolute Gasteiger partial charge is 0.122 e. The van der Waals surface area contributed by atoms with Gasteiger partial charge in [0.25, 0.3) is 0 Å². The first-order chi connectivity index (χ1) is 16.0. The number of aromatic hydroxyl groups is 1. The molecule has 2 saturated heterocycles. The van der Waals surface area contributed by atoms with Gasteiger partial charge in [-0.2, -0.15) is 0 Å². The van der Waals surface area contributed by atoms with Gasteiger partial charge in [0.15, 0.2) is 0 Å². The van der Waals surface area contributed by atoms with Crippen molar-refractivity contribution in [1.29, 1.82) is 0 Å². The van der Waals surface area contributed by atoms with Crippen molar-refractivity contribution in [2.75, 3.05) is 47.5 Å². The molecule has 2 aromatic rings. The summed E-state index contributed by atoms with van der Waals surface area (Å²) >= 11 is 0. The van der Waals surface area contributed by atoms with Crippen molar-refractivity contribution in [2.24, 2.45) is 0 Å². The van der Waals surface area contributed by atoms with Gasteiger partial charge in [-0.25, -0.2) is 0 Å². The Morgan fingerprint density at radius 2 is 1.32 bits per heavy atom. The largest absolute Gasteiger partial charge is 0.508 e. The Kier molecular flexibility index (Phi) is 8.05. The van der Waals surface area contributed by atoms with Gasteiger partial charge < -0.3 is 19.3 Å². The molecule has 6 rings (SSSR count). The Hall–Kier alpha value is -1.83. The van der Waals surface area contributed by atoms with E-state index in [-0.39, 0.29) is 18.5 Å². The predicted octanol–water partition coefficient (Wildman–Crippen LogP) is 3.10. The standard InChI is InChI=1S/C14H19NO2.C13H17NO2.ClH/c1-15-6-7-17-14-9-11-10(8-12(14)15)4-3-5-13(11)16-2;1-14-5-6-16-13-8-10-9(7-11(13)14)3-2-4-12(10)15;/h3-5,12,14H,6-9H2,1-2H3;2-4,11,13,15H,5-8H2,1H3;1H/t12-,14-;11-,13-;/m00./s1. The van der Waals surface area contributed by atoms with Crippen LogP contribution in [0.2, 0.25) is 0 Å². The third kappa shape index (κ3) is 4.93. The van der Waals surface area contributed by atoms with Gasteiger partial charge in [0.2, 0.25) is 0 Å². The normalized spacial score (nSPS) is 28.1. The Morgan fingerprint density at radius 1 is 0.794 bits per heavy atom.